The zero-order valence-corrected chi connectivity index (χ0v) is 12.7. The van der Waals surface area contributed by atoms with E-state index in [2.05, 4.69) is 38.1 Å². The van der Waals surface area contributed by atoms with Crippen LogP contribution in [0.2, 0.25) is 0 Å². The highest BCUT2D eigenvalue weighted by Crippen LogP contribution is 2.21. The summed E-state index contributed by atoms with van der Waals surface area (Å²) in [5.74, 6) is -0.0185. The Morgan fingerprint density at radius 3 is 3.00 bits per heavy atom. The van der Waals surface area contributed by atoms with Crippen molar-refractivity contribution in [1.82, 2.24) is 9.97 Å². The summed E-state index contributed by atoms with van der Waals surface area (Å²) in [5.41, 5.74) is 5.92. The number of aromatic nitrogens is 2. The molecule has 19 heavy (non-hydrogen) atoms. The van der Waals surface area contributed by atoms with Gasteiger partial charge < -0.3 is 5.73 Å². The summed E-state index contributed by atoms with van der Waals surface area (Å²) < 4.78 is 0.670. The Hall–Kier alpha value is -1.47. The van der Waals surface area contributed by atoms with Crippen LogP contribution in [-0.4, -0.2) is 15.9 Å². The van der Waals surface area contributed by atoms with Gasteiger partial charge in [-0.3, -0.25) is 10.1 Å². The van der Waals surface area contributed by atoms with Crippen LogP contribution >= 0.6 is 27.3 Å². The highest BCUT2D eigenvalue weighted by atomic mass is 79.9. The van der Waals surface area contributed by atoms with Gasteiger partial charge >= 0.3 is 0 Å². The van der Waals surface area contributed by atoms with Gasteiger partial charge in [0.15, 0.2) is 5.13 Å². The standard InChI is InChI=1S/C12H13BrN4OS/c1-2-3-7-6-15-12(19-7)17-11(18)9-5-4-8(13)10(14)16-9/h4-6H,2-3H2,1H3,(H2,14,16)(H,15,17,18). The number of pyridine rings is 1. The predicted molar refractivity (Wildman–Crippen MR) is 80.4 cm³/mol. The molecule has 3 N–H and O–H groups in total. The minimum Gasteiger partial charge on any atom is -0.383 e. The van der Waals surface area contributed by atoms with Crippen molar-refractivity contribution in [2.75, 3.05) is 11.1 Å². The maximum absolute atomic E-state index is 12.0. The van der Waals surface area contributed by atoms with Gasteiger partial charge in [-0.2, -0.15) is 0 Å². The zero-order chi connectivity index (χ0) is 13.8. The second-order valence-corrected chi connectivity index (χ2v) is 5.87. The van der Waals surface area contributed by atoms with Crippen LogP contribution in [0.15, 0.2) is 22.8 Å². The summed E-state index contributed by atoms with van der Waals surface area (Å²) in [5, 5.41) is 3.30. The van der Waals surface area contributed by atoms with Crippen LogP contribution in [0.1, 0.15) is 28.7 Å². The van der Waals surface area contributed by atoms with Crippen LogP contribution in [0.25, 0.3) is 0 Å². The largest absolute Gasteiger partial charge is 0.383 e. The van der Waals surface area contributed by atoms with E-state index in [-0.39, 0.29) is 11.6 Å². The van der Waals surface area contributed by atoms with Gasteiger partial charge in [-0.25, -0.2) is 9.97 Å². The number of nitrogens with one attached hydrogen (secondary N) is 1. The lowest BCUT2D eigenvalue weighted by Gasteiger charge is -2.03. The van der Waals surface area contributed by atoms with E-state index in [1.807, 2.05) is 0 Å². The van der Waals surface area contributed by atoms with Crippen LogP contribution in [0.5, 0.6) is 0 Å². The van der Waals surface area contributed by atoms with Crippen molar-refractivity contribution in [1.29, 1.82) is 0 Å². The molecule has 0 fully saturated rings. The average molecular weight is 341 g/mol. The number of nitrogens with zero attached hydrogens (tertiary/aromatic N) is 2. The SMILES string of the molecule is CCCc1cnc(NC(=O)c2ccc(Br)c(N)n2)s1. The van der Waals surface area contributed by atoms with E-state index < -0.39 is 0 Å². The predicted octanol–water partition coefficient (Wildman–Crippen LogP) is 3.09. The normalized spacial score (nSPS) is 10.4. The minimum absolute atomic E-state index is 0.271. The smallest absolute Gasteiger partial charge is 0.276 e. The number of aryl methyl sites for hydroxylation is 1. The summed E-state index contributed by atoms with van der Waals surface area (Å²) in [6.07, 6.45) is 3.81. The van der Waals surface area contributed by atoms with Crippen molar-refractivity contribution >= 4 is 44.1 Å². The molecule has 0 saturated heterocycles. The second kappa shape index (κ2) is 6.12. The first kappa shape index (κ1) is 14.0. The van der Waals surface area contributed by atoms with Crippen LogP contribution in [0.4, 0.5) is 10.9 Å². The van der Waals surface area contributed by atoms with Crippen LogP contribution in [0, 0.1) is 0 Å². The topological polar surface area (TPSA) is 80.9 Å². The van der Waals surface area contributed by atoms with E-state index in [9.17, 15) is 4.79 Å². The molecule has 1 amide bonds. The fourth-order valence-electron chi connectivity index (χ4n) is 1.47. The summed E-state index contributed by atoms with van der Waals surface area (Å²) in [7, 11) is 0. The number of carbonyl (C=O) groups is 1. The van der Waals surface area contributed by atoms with E-state index in [0.717, 1.165) is 17.7 Å². The summed E-state index contributed by atoms with van der Waals surface area (Å²) >= 11 is 4.71. The van der Waals surface area contributed by atoms with Crippen molar-refractivity contribution in [3.63, 3.8) is 0 Å². The number of nitrogens with two attached hydrogens (primary N) is 1. The molecule has 2 aromatic heterocycles. The van der Waals surface area contributed by atoms with Crippen molar-refractivity contribution in [2.45, 2.75) is 19.8 Å². The van der Waals surface area contributed by atoms with Gasteiger partial charge in [0.25, 0.3) is 5.91 Å². The molecule has 2 rings (SSSR count). The molecule has 0 aliphatic carbocycles. The Labute approximate surface area is 123 Å². The molecule has 0 aliphatic heterocycles. The lowest BCUT2D eigenvalue weighted by Crippen LogP contribution is -2.14. The highest BCUT2D eigenvalue weighted by molar-refractivity contribution is 9.10. The van der Waals surface area contributed by atoms with Gasteiger partial charge in [-0.1, -0.05) is 13.3 Å². The van der Waals surface area contributed by atoms with Crippen molar-refractivity contribution < 1.29 is 4.79 Å². The molecule has 0 radical (unpaired) electrons. The lowest BCUT2D eigenvalue weighted by molar-refractivity contribution is 0.102. The van der Waals surface area contributed by atoms with Crippen molar-refractivity contribution in [3.8, 4) is 0 Å². The number of amides is 1. The molecule has 5 nitrogen and oxygen atoms in total. The van der Waals surface area contributed by atoms with Crippen molar-refractivity contribution in [2.24, 2.45) is 0 Å². The Kier molecular flexibility index (Phi) is 4.49. The maximum atomic E-state index is 12.0. The van der Waals surface area contributed by atoms with Gasteiger partial charge in [-0.05, 0) is 34.5 Å². The Bertz CT molecular complexity index is 599. The van der Waals surface area contributed by atoms with E-state index in [4.69, 9.17) is 5.73 Å². The van der Waals surface area contributed by atoms with Crippen LogP contribution in [-0.2, 0) is 6.42 Å². The first-order chi connectivity index (χ1) is 9.10. The molecule has 0 spiro atoms. The van der Waals surface area contributed by atoms with Gasteiger partial charge in [0.2, 0.25) is 0 Å². The molecule has 2 aromatic rings. The molecule has 0 unspecified atom stereocenters. The van der Waals surface area contributed by atoms with Gasteiger partial charge in [0.1, 0.15) is 11.5 Å². The molecule has 0 aliphatic rings. The Morgan fingerprint density at radius 1 is 1.53 bits per heavy atom. The third-order valence-electron chi connectivity index (χ3n) is 2.38. The average Bonchev–Trinajstić information content (AvgIpc) is 2.80. The molecular weight excluding hydrogens is 328 g/mol. The number of rotatable bonds is 4. The highest BCUT2D eigenvalue weighted by Gasteiger charge is 2.11. The maximum Gasteiger partial charge on any atom is 0.276 e. The Morgan fingerprint density at radius 2 is 2.32 bits per heavy atom. The molecule has 0 atom stereocenters. The fraction of sp³-hybridized carbons (Fsp3) is 0.250. The van der Waals surface area contributed by atoms with Crippen molar-refractivity contribution in [3.05, 3.63) is 33.4 Å². The van der Waals surface area contributed by atoms with Crippen LogP contribution < -0.4 is 11.1 Å². The number of carbonyl (C=O) groups excluding carboxylic acids is 1. The Balaban J connectivity index is 2.09. The third kappa shape index (κ3) is 3.51. The third-order valence-corrected chi connectivity index (χ3v) is 4.02. The zero-order valence-electron chi connectivity index (χ0n) is 10.3. The monoisotopic (exact) mass is 340 g/mol. The lowest BCUT2D eigenvalue weighted by atomic mass is 10.3. The summed E-state index contributed by atoms with van der Waals surface area (Å²) in [6, 6.07) is 3.30. The van der Waals surface area contributed by atoms with E-state index in [0.29, 0.717) is 15.4 Å². The molecule has 7 heteroatoms. The molecular formula is C12H13BrN4OS. The molecule has 0 saturated carbocycles. The number of anilines is 2. The van der Waals surface area contributed by atoms with Gasteiger partial charge in [0.05, 0.1) is 4.47 Å². The number of hydrogen-bond acceptors (Lipinski definition) is 5. The minimum atomic E-state index is -0.309. The number of nitrogen functional groups attached to an aromatic ring is 1. The number of halogens is 1. The van der Waals surface area contributed by atoms with E-state index in [1.165, 1.54) is 11.3 Å². The van der Waals surface area contributed by atoms with Gasteiger partial charge in [0, 0.05) is 11.1 Å². The van der Waals surface area contributed by atoms with E-state index in [1.54, 1.807) is 18.3 Å². The van der Waals surface area contributed by atoms with Crippen LogP contribution in [0.3, 0.4) is 0 Å². The summed E-state index contributed by atoms with van der Waals surface area (Å²) in [4.78, 5) is 21.3. The molecule has 100 valence electrons. The van der Waals surface area contributed by atoms with Gasteiger partial charge in [-0.15, -0.1) is 11.3 Å². The second-order valence-electron chi connectivity index (χ2n) is 3.90. The first-order valence-corrected chi connectivity index (χ1v) is 7.39. The fourth-order valence-corrected chi connectivity index (χ4v) is 2.60. The first-order valence-electron chi connectivity index (χ1n) is 5.78. The summed E-state index contributed by atoms with van der Waals surface area (Å²) in [6.45, 7) is 2.10. The molecule has 2 heterocycles. The molecule has 0 aromatic carbocycles. The molecule has 0 bridgehead atoms. The van der Waals surface area contributed by atoms with E-state index >= 15 is 0 Å². The number of thiazole rings is 1. The number of hydrogen-bond donors (Lipinski definition) is 2. The quantitative estimate of drug-likeness (QED) is 0.895.